The first kappa shape index (κ1) is 15.2. The first-order chi connectivity index (χ1) is 9.84. The molecule has 1 fully saturated rings. The molecule has 1 aromatic rings. The molecule has 0 spiro atoms. The molecule has 1 atom stereocenters. The van der Waals surface area contributed by atoms with E-state index in [-0.39, 0.29) is 11.6 Å². The van der Waals surface area contributed by atoms with Crippen molar-refractivity contribution in [2.75, 3.05) is 38.6 Å². The van der Waals surface area contributed by atoms with Gasteiger partial charge in [-0.15, -0.1) is 0 Å². The highest BCUT2D eigenvalue weighted by molar-refractivity contribution is 5.86. The lowest BCUT2D eigenvalue weighted by Gasteiger charge is -2.37. The maximum Gasteiger partial charge on any atom is 0.333 e. The second kappa shape index (κ2) is 5.68. The number of hydrogen-bond acceptors (Lipinski definition) is 6. The highest BCUT2D eigenvalue weighted by Gasteiger charge is 2.37. The van der Waals surface area contributed by atoms with E-state index in [2.05, 4.69) is 10.4 Å². The van der Waals surface area contributed by atoms with Crippen molar-refractivity contribution in [3.8, 4) is 0 Å². The van der Waals surface area contributed by atoms with Crippen molar-refractivity contribution in [2.45, 2.75) is 13.0 Å². The molecule has 1 aliphatic heterocycles. The minimum Gasteiger partial charge on any atom is -0.347 e. The third-order valence-corrected chi connectivity index (χ3v) is 3.58. The number of carbonyl (C=O) groups is 1. The molecule has 0 radical (unpaired) electrons. The number of nitrogens with one attached hydrogen (secondary N) is 1. The Hall–Kier alpha value is -2.16. The maximum absolute atomic E-state index is 12.3. The fraction of sp³-hybridized carbons (Fsp3) is 0.667. The second-order valence-electron chi connectivity index (χ2n) is 5.28. The zero-order valence-electron chi connectivity index (χ0n) is 12.7. The molecule has 0 aromatic carbocycles. The molecule has 9 nitrogen and oxygen atoms in total. The molecular weight excluding hydrogens is 276 g/mol. The smallest absolute Gasteiger partial charge is 0.333 e. The number of carbonyl (C=O) groups excluding carboxylic acids is 1. The van der Waals surface area contributed by atoms with Crippen molar-refractivity contribution in [3.63, 3.8) is 0 Å². The second-order valence-corrected chi connectivity index (χ2v) is 5.28. The SMILES string of the molecule is Cc1nn(C)c(N2CCNCC2C(=O)N(C)C)c1[N+](=O)[O-]. The van der Waals surface area contributed by atoms with Crippen molar-refractivity contribution in [2.24, 2.45) is 7.05 Å². The maximum atomic E-state index is 12.3. The topological polar surface area (TPSA) is 96.5 Å². The van der Waals surface area contributed by atoms with Gasteiger partial charge in [-0.3, -0.25) is 14.9 Å². The van der Waals surface area contributed by atoms with E-state index < -0.39 is 11.0 Å². The third kappa shape index (κ3) is 2.68. The molecule has 1 aliphatic rings. The third-order valence-electron chi connectivity index (χ3n) is 3.58. The number of anilines is 1. The first-order valence-corrected chi connectivity index (χ1v) is 6.71. The van der Waals surface area contributed by atoms with E-state index in [1.54, 1.807) is 33.0 Å². The van der Waals surface area contributed by atoms with Gasteiger partial charge in [0.25, 0.3) is 0 Å². The van der Waals surface area contributed by atoms with Crippen LogP contribution in [0.25, 0.3) is 0 Å². The zero-order valence-corrected chi connectivity index (χ0v) is 12.7. The lowest BCUT2D eigenvalue weighted by molar-refractivity contribution is -0.384. The van der Waals surface area contributed by atoms with Crippen LogP contribution < -0.4 is 10.2 Å². The van der Waals surface area contributed by atoms with Gasteiger partial charge in [0.1, 0.15) is 11.7 Å². The van der Waals surface area contributed by atoms with Crippen LogP contribution in [-0.4, -0.2) is 65.3 Å². The summed E-state index contributed by atoms with van der Waals surface area (Å²) in [6.07, 6.45) is 0. The standard InChI is InChI=1S/C12H20N6O3/c1-8-10(18(20)21)11(16(4)14-8)17-6-5-13-7-9(17)12(19)15(2)3/h9,13H,5-7H2,1-4H3. The van der Waals surface area contributed by atoms with Crippen LogP contribution in [0.3, 0.4) is 0 Å². The Labute approximate surface area is 122 Å². The molecule has 1 unspecified atom stereocenters. The van der Waals surface area contributed by atoms with Crippen LogP contribution in [-0.2, 0) is 11.8 Å². The molecule has 0 saturated carbocycles. The van der Waals surface area contributed by atoms with Crippen LogP contribution in [0.15, 0.2) is 0 Å². The number of aromatic nitrogens is 2. The van der Waals surface area contributed by atoms with Gasteiger partial charge >= 0.3 is 5.69 Å². The monoisotopic (exact) mass is 296 g/mol. The summed E-state index contributed by atoms with van der Waals surface area (Å²) in [5.41, 5.74) is 0.322. The molecule has 1 amide bonds. The average Bonchev–Trinajstić information content (AvgIpc) is 2.72. The number of amides is 1. The Morgan fingerprint density at radius 2 is 2.19 bits per heavy atom. The van der Waals surface area contributed by atoms with Crippen molar-refractivity contribution < 1.29 is 9.72 Å². The number of piperazine rings is 1. The largest absolute Gasteiger partial charge is 0.347 e. The lowest BCUT2D eigenvalue weighted by Crippen LogP contribution is -2.58. The number of rotatable bonds is 3. The summed E-state index contributed by atoms with van der Waals surface area (Å²) in [6.45, 7) is 3.24. The van der Waals surface area contributed by atoms with Crippen LogP contribution in [0.5, 0.6) is 0 Å². The van der Waals surface area contributed by atoms with E-state index >= 15 is 0 Å². The highest BCUT2D eigenvalue weighted by Crippen LogP contribution is 2.32. The Morgan fingerprint density at radius 1 is 1.52 bits per heavy atom. The van der Waals surface area contributed by atoms with Crippen molar-refractivity contribution in [3.05, 3.63) is 15.8 Å². The minimum absolute atomic E-state index is 0.0315. The normalized spacial score (nSPS) is 18.7. The highest BCUT2D eigenvalue weighted by atomic mass is 16.6. The van der Waals surface area contributed by atoms with E-state index in [1.165, 1.54) is 9.58 Å². The van der Waals surface area contributed by atoms with Crippen LogP contribution >= 0.6 is 0 Å². The van der Waals surface area contributed by atoms with Crippen molar-refractivity contribution in [1.82, 2.24) is 20.0 Å². The van der Waals surface area contributed by atoms with Gasteiger partial charge in [0.05, 0.1) is 4.92 Å². The molecule has 116 valence electrons. The Bertz CT molecular complexity index is 568. The molecule has 0 bridgehead atoms. The van der Waals surface area contributed by atoms with Gasteiger partial charge in [-0.25, -0.2) is 4.68 Å². The van der Waals surface area contributed by atoms with E-state index in [1.807, 2.05) is 0 Å². The number of hydrogen-bond donors (Lipinski definition) is 1. The molecule has 1 aromatic heterocycles. The van der Waals surface area contributed by atoms with Crippen LogP contribution in [0.1, 0.15) is 5.69 Å². The Balaban J connectivity index is 2.47. The van der Waals surface area contributed by atoms with Gasteiger partial charge in [-0.2, -0.15) is 5.10 Å². The van der Waals surface area contributed by atoms with Crippen LogP contribution in [0.2, 0.25) is 0 Å². The van der Waals surface area contributed by atoms with Gasteiger partial charge in [0, 0.05) is 40.8 Å². The minimum atomic E-state index is -0.470. The fourth-order valence-electron chi connectivity index (χ4n) is 2.65. The van der Waals surface area contributed by atoms with Crippen LogP contribution in [0.4, 0.5) is 11.5 Å². The van der Waals surface area contributed by atoms with E-state index in [0.29, 0.717) is 31.1 Å². The van der Waals surface area contributed by atoms with Gasteiger partial charge < -0.3 is 15.1 Å². The van der Waals surface area contributed by atoms with E-state index in [0.717, 1.165) is 0 Å². The molecular formula is C12H20N6O3. The summed E-state index contributed by atoms with van der Waals surface area (Å²) in [4.78, 5) is 26.5. The first-order valence-electron chi connectivity index (χ1n) is 6.71. The predicted molar refractivity (Wildman–Crippen MR) is 77.3 cm³/mol. The van der Waals surface area contributed by atoms with Gasteiger partial charge in [0.2, 0.25) is 11.7 Å². The molecule has 2 rings (SSSR count). The van der Waals surface area contributed by atoms with Crippen molar-refractivity contribution in [1.29, 1.82) is 0 Å². The lowest BCUT2D eigenvalue weighted by atomic mass is 10.1. The molecule has 21 heavy (non-hydrogen) atoms. The van der Waals surface area contributed by atoms with Crippen molar-refractivity contribution >= 4 is 17.4 Å². The molecule has 1 saturated heterocycles. The van der Waals surface area contributed by atoms with Gasteiger partial charge in [0.15, 0.2) is 0 Å². The summed E-state index contributed by atoms with van der Waals surface area (Å²) in [6, 6.07) is -0.470. The summed E-state index contributed by atoms with van der Waals surface area (Å²) in [5.74, 6) is 0.301. The number of aryl methyl sites for hydroxylation is 2. The summed E-state index contributed by atoms with van der Waals surface area (Å²) < 4.78 is 1.48. The fourth-order valence-corrected chi connectivity index (χ4v) is 2.65. The number of likely N-dealkylation sites (N-methyl/N-ethyl adjacent to an activating group) is 1. The Kier molecular flexibility index (Phi) is 4.12. The molecule has 0 aliphatic carbocycles. The quantitative estimate of drug-likeness (QED) is 0.597. The summed E-state index contributed by atoms with van der Waals surface area (Å²) >= 11 is 0. The average molecular weight is 296 g/mol. The number of nitrogens with zero attached hydrogens (tertiary/aromatic N) is 5. The number of nitro groups is 1. The molecule has 1 N–H and O–H groups in total. The molecule has 9 heteroatoms. The summed E-state index contributed by atoms with van der Waals surface area (Å²) in [7, 11) is 5.02. The predicted octanol–water partition coefficient (Wildman–Crippen LogP) is -0.497. The van der Waals surface area contributed by atoms with Gasteiger partial charge in [-0.1, -0.05) is 0 Å². The summed E-state index contributed by atoms with van der Waals surface area (Å²) in [5, 5.41) is 18.6. The van der Waals surface area contributed by atoms with Crippen LogP contribution in [0, 0.1) is 17.0 Å². The van der Waals surface area contributed by atoms with Gasteiger partial charge in [-0.05, 0) is 6.92 Å². The van der Waals surface area contributed by atoms with E-state index in [4.69, 9.17) is 0 Å². The molecule has 2 heterocycles. The Morgan fingerprint density at radius 3 is 2.76 bits per heavy atom. The van der Waals surface area contributed by atoms with E-state index in [9.17, 15) is 14.9 Å². The zero-order chi connectivity index (χ0) is 15.7.